The summed E-state index contributed by atoms with van der Waals surface area (Å²) in [6.07, 6.45) is 2.86. The second kappa shape index (κ2) is 6.04. The summed E-state index contributed by atoms with van der Waals surface area (Å²) in [5.41, 5.74) is 1.83. The molecule has 0 bridgehead atoms. The summed E-state index contributed by atoms with van der Waals surface area (Å²) in [7, 11) is 0. The molecule has 2 aromatic heterocycles. The van der Waals surface area contributed by atoms with Gasteiger partial charge in [0, 0.05) is 24.7 Å². The van der Waals surface area contributed by atoms with E-state index in [9.17, 15) is 9.59 Å². The van der Waals surface area contributed by atoms with Crippen LogP contribution in [0.25, 0.3) is 22.6 Å². The first-order valence-electron chi connectivity index (χ1n) is 8.18. The number of ether oxygens (including phenoxy) is 1. The molecule has 0 unspecified atom stereocenters. The maximum absolute atomic E-state index is 12.2. The van der Waals surface area contributed by atoms with Crippen LogP contribution in [0.3, 0.4) is 0 Å². The van der Waals surface area contributed by atoms with Gasteiger partial charge in [-0.3, -0.25) is 9.59 Å². The van der Waals surface area contributed by atoms with Crippen LogP contribution in [0, 0.1) is 0 Å². The van der Waals surface area contributed by atoms with Crippen molar-refractivity contribution < 1.29 is 9.53 Å². The summed E-state index contributed by atoms with van der Waals surface area (Å²) in [5, 5.41) is 0. The van der Waals surface area contributed by atoms with Crippen molar-refractivity contribution >= 4 is 22.8 Å². The molecule has 8 heteroatoms. The highest BCUT2D eigenvalue weighted by atomic mass is 16.5. The number of hydrogen-bond acceptors (Lipinski definition) is 5. The van der Waals surface area contributed by atoms with E-state index < -0.39 is 0 Å². The number of nitrogens with one attached hydrogen (secondary N) is 2. The molecule has 1 fully saturated rings. The molecule has 1 aliphatic rings. The van der Waals surface area contributed by atoms with Gasteiger partial charge in [-0.05, 0) is 25.5 Å². The van der Waals surface area contributed by atoms with E-state index in [4.69, 9.17) is 4.74 Å². The molecule has 0 radical (unpaired) electrons. The molecule has 3 aromatic rings. The van der Waals surface area contributed by atoms with Crippen molar-refractivity contribution in [3.05, 3.63) is 34.9 Å². The molecule has 128 valence electrons. The molecule has 1 amide bonds. The Balaban J connectivity index is 1.82. The number of nitrogens with zero attached hydrogens (tertiary/aromatic N) is 3. The van der Waals surface area contributed by atoms with Crippen LogP contribution in [0.4, 0.5) is 5.69 Å². The number of rotatable bonds is 4. The van der Waals surface area contributed by atoms with E-state index in [2.05, 4.69) is 19.9 Å². The third-order valence-electron chi connectivity index (χ3n) is 4.20. The lowest BCUT2D eigenvalue weighted by Gasteiger charge is -2.18. The van der Waals surface area contributed by atoms with Crippen molar-refractivity contribution in [2.24, 2.45) is 0 Å². The van der Waals surface area contributed by atoms with Gasteiger partial charge in [-0.15, -0.1) is 0 Å². The quantitative estimate of drug-likeness (QED) is 0.755. The highest BCUT2D eigenvalue weighted by Gasteiger charge is 2.23. The SMILES string of the molecule is CCOc1cc(N2CCCC2=O)ccc1-c1nc2nc[nH]c2c(=O)[nH]1. The van der Waals surface area contributed by atoms with Crippen molar-refractivity contribution in [2.75, 3.05) is 18.1 Å². The molecular formula is C17H17N5O3. The Hall–Kier alpha value is -3.16. The van der Waals surface area contributed by atoms with Gasteiger partial charge in [0.15, 0.2) is 11.2 Å². The van der Waals surface area contributed by atoms with E-state index >= 15 is 0 Å². The zero-order chi connectivity index (χ0) is 17.4. The first-order chi connectivity index (χ1) is 12.2. The fraction of sp³-hybridized carbons (Fsp3) is 0.294. The monoisotopic (exact) mass is 339 g/mol. The van der Waals surface area contributed by atoms with Crippen LogP contribution < -0.4 is 15.2 Å². The van der Waals surface area contributed by atoms with Crippen LogP contribution in [0.1, 0.15) is 19.8 Å². The number of amides is 1. The van der Waals surface area contributed by atoms with Crippen molar-refractivity contribution in [1.82, 2.24) is 19.9 Å². The Morgan fingerprint density at radius 2 is 2.20 bits per heavy atom. The highest BCUT2D eigenvalue weighted by molar-refractivity contribution is 5.96. The molecule has 0 saturated carbocycles. The van der Waals surface area contributed by atoms with Crippen LogP contribution in [0.15, 0.2) is 29.3 Å². The Morgan fingerprint density at radius 3 is 2.96 bits per heavy atom. The van der Waals surface area contributed by atoms with Gasteiger partial charge in [0.25, 0.3) is 5.56 Å². The van der Waals surface area contributed by atoms with Crippen molar-refractivity contribution in [3.8, 4) is 17.1 Å². The summed E-state index contributed by atoms with van der Waals surface area (Å²) in [6.45, 7) is 3.04. The number of imidazole rings is 1. The number of carbonyl (C=O) groups is 1. The number of hydrogen-bond donors (Lipinski definition) is 2. The Kier molecular flexibility index (Phi) is 3.72. The summed E-state index contributed by atoms with van der Waals surface area (Å²) in [4.78, 5) is 39.8. The largest absolute Gasteiger partial charge is 0.493 e. The average molecular weight is 339 g/mol. The van der Waals surface area contributed by atoms with Crippen LogP contribution in [-0.4, -0.2) is 39.0 Å². The van der Waals surface area contributed by atoms with Gasteiger partial charge >= 0.3 is 0 Å². The number of H-pyrrole nitrogens is 2. The van der Waals surface area contributed by atoms with E-state index in [-0.39, 0.29) is 11.5 Å². The van der Waals surface area contributed by atoms with Gasteiger partial charge in [0.05, 0.1) is 18.5 Å². The van der Waals surface area contributed by atoms with Crippen molar-refractivity contribution in [1.29, 1.82) is 0 Å². The van der Waals surface area contributed by atoms with Gasteiger partial charge in [0.1, 0.15) is 11.6 Å². The van der Waals surface area contributed by atoms with Crippen LogP contribution in [0.2, 0.25) is 0 Å². The predicted octanol–water partition coefficient (Wildman–Crippen LogP) is 1.84. The number of benzene rings is 1. The summed E-state index contributed by atoms with van der Waals surface area (Å²) < 4.78 is 5.73. The summed E-state index contributed by atoms with van der Waals surface area (Å²) in [5.74, 6) is 1.06. The van der Waals surface area contributed by atoms with E-state index in [1.165, 1.54) is 6.33 Å². The summed E-state index contributed by atoms with van der Waals surface area (Å²) in [6, 6.07) is 5.47. The Labute approximate surface area is 142 Å². The minimum absolute atomic E-state index is 0.111. The average Bonchev–Trinajstić information content (AvgIpc) is 3.24. The molecule has 1 saturated heterocycles. The molecule has 0 aliphatic carbocycles. The van der Waals surface area contributed by atoms with Crippen LogP contribution >= 0.6 is 0 Å². The molecule has 0 spiro atoms. The number of aromatic nitrogens is 4. The fourth-order valence-electron chi connectivity index (χ4n) is 3.04. The maximum Gasteiger partial charge on any atom is 0.277 e. The number of anilines is 1. The molecule has 4 rings (SSSR count). The molecule has 8 nitrogen and oxygen atoms in total. The van der Waals surface area contributed by atoms with Crippen molar-refractivity contribution in [2.45, 2.75) is 19.8 Å². The fourth-order valence-corrected chi connectivity index (χ4v) is 3.04. The number of fused-ring (bicyclic) bond motifs is 1. The zero-order valence-electron chi connectivity index (χ0n) is 13.7. The molecule has 1 aromatic carbocycles. The first-order valence-corrected chi connectivity index (χ1v) is 8.18. The maximum atomic E-state index is 12.2. The van der Waals surface area contributed by atoms with Gasteiger partial charge in [-0.25, -0.2) is 9.97 Å². The van der Waals surface area contributed by atoms with Crippen LogP contribution in [-0.2, 0) is 4.79 Å². The standard InChI is InChI=1S/C17H17N5O3/c1-2-25-12-8-10(22-7-3-4-13(22)23)5-6-11(12)15-20-16-14(17(24)21-15)18-9-19-16/h5-6,8-9H,2-4,7H2,1H3,(H2,18,19,20,21,24). The third kappa shape index (κ3) is 2.65. The molecule has 1 aliphatic heterocycles. The summed E-state index contributed by atoms with van der Waals surface area (Å²) >= 11 is 0. The minimum Gasteiger partial charge on any atom is -0.493 e. The molecule has 25 heavy (non-hydrogen) atoms. The predicted molar refractivity (Wildman–Crippen MR) is 92.7 cm³/mol. The normalized spacial score (nSPS) is 14.4. The van der Waals surface area contributed by atoms with Crippen molar-refractivity contribution in [3.63, 3.8) is 0 Å². The second-order valence-electron chi connectivity index (χ2n) is 5.78. The van der Waals surface area contributed by atoms with Gasteiger partial charge < -0.3 is 19.6 Å². The smallest absolute Gasteiger partial charge is 0.277 e. The Morgan fingerprint density at radius 1 is 1.32 bits per heavy atom. The first kappa shape index (κ1) is 15.4. The van der Waals surface area contributed by atoms with Crippen LogP contribution in [0.5, 0.6) is 5.75 Å². The molecule has 2 N–H and O–H groups in total. The molecule has 3 heterocycles. The van der Waals surface area contributed by atoms with Gasteiger partial charge in [-0.1, -0.05) is 0 Å². The second-order valence-corrected chi connectivity index (χ2v) is 5.78. The lowest BCUT2D eigenvalue weighted by Crippen LogP contribution is -2.23. The third-order valence-corrected chi connectivity index (χ3v) is 4.20. The van der Waals surface area contributed by atoms with E-state index in [0.717, 1.165) is 12.1 Å². The van der Waals surface area contributed by atoms with Gasteiger partial charge in [0.2, 0.25) is 5.91 Å². The van der Waals surface area contributed by atoms with E-state index in [1.54, 1.807) is 4.90 Å². The lowest BCUT2D eigenvalue weighted by atomic mass is 10.1. The zero-order valence-corrected chi connectivity index (χ0v) is 13.7. The van der Waals surface area contributed by atoms with E-state index in [0.29, 0.717) is 47.9 Å². The molecular weight excluding hydrogens is 322 g/mol. The highest BCUT2D eigenvalue weighted by Crippen LogP contribution is 2.33. The minimum atomic E-state index is -0.293. The lowest BCUT2D eigenvalue weighted by molar-refractivity contribution is -0.117. The number of carbonyl (C=O) groups excluding carboxylic acids is 1. The van der Waals surface area contributed by atoms with E-state index in [1.807, 2.05) is 25.1 Å². The number of aromatic amines is 2. The molecule has 0 atom stereocenters. The van der Waals surface area contributed by atoms with Gasteiger partial charge in [-0.2, -0.15) is 0 Å². The topological polar surface area (TPSA) is 104 Å². The Bertz CT molecular complexity index is 1010.